The van der Waals surface area contributed by atoms with Gasteiger partial charge in [0.2, 0.25) is 5.91 Å². The van der Waals surface area contributed by atoms with Crippen LogP contribution in [0.3, 0.4) is 0 Å². The lowest BCUT2D eigenvalue weighted by molar-refractivity contribution is -0.121. The Labute approximate surface area is 107 Å². The fourth-order valence-corrected chi connectivity index (χ4v) is 1.39. The zero-order chi connectivity index (χ0) is 13.2. The van der Waals surface area contributed by atoms with Gasteiger partial charge in [-0.2, -0.15) is 0 Å². The Balaban J connectivity index is 2.32. The van der Waals surface area contributed by atoms with E-state index in [0.717, 1.165) is 5.56 Å². The molecular weight excluding hydrogens is 232 g/mol. The Hall–Kier alpha value is -1.59. The van der Waals surface area contributed by atoms with Crippen molar-refractivity contribution in [3.8, 4) is 5.75 Å². The number of amides is 1. The molecule has 0 bridgehead atoms. The van der Waals surface area contributed by atoms with Crippen molar-refractivity contribution in [1.82, 2.24) is 10.6 Å². The minimum Gasteiger partial charge on any atom is -0.491 e. The van der Waals surface area contributed by atoms with E-state index in [-0.39, 0.29) is 12.5 Å². The molecule has 3 N–H and O–H groups in total. The van der Waals surface area contributed by atoms with E-state index in [1.807, 2.05) is 31.3 Å². The van der Waals surface area contributed by atoms with Crippen molar-refractivity contribution in [2.24, 2.45) is 0 Å². The van der Waals surface area contributed by atoms with Gasteiger partial charge in [0.05, 0.1) is 6.61 Å². The van der Waals surface area contributed by atoms with Crippen molar-refractivity contribution in [1.29, 1.82) is 0 Å². The number of carbonyl (C=O) groups is 1. The predicted octanol–water partition coefficient (Wildman–Crippen LogP) is 0.283. The molecule has 0 heterocycles. The molecule has 0 radical (unpaired) electrons. The van der Waals surface area contributed by atoms with Gasteiger partial charge in [-0.25, -0.2) is 0 Å². The second-order valence-corrected chi connectivity index (χ2v) is 3.85. The van der Waals surface area contributed by atoms with E-state index < -0.39 is 0 Å². The van der Waals surface area contributed by atoms with Gasteiger partial charge in [-0.05, 0) is 24.7 Å². The lowest BCUT2D eigenvalue weighted by Crippen LogP contribution is -2.26. The summed E-state index contributed by atoms with van der Waals surface area (Å²) < 4.78 is 5.24. The number of benzene rings is 1. The maximum atomic E-state index is 11.4. The van der Waals surface area contributed by atoms with Crippen LogP contribution >= 0.6 is 0 Å². The summed E-state index contributed by atoms with van der Waals surface area (Å²) in [5, 5.41) is 14.4. The van der Waals surface area contributed by atoms with Crippen molar-refractivity contribution < 1.29 is 14.6 Å². The highest BCUT2D eigenvalue weighted by molar-refractivity contribution is 5.76. The third-order valence-corrected chi connectivity index (χ3v) is 2.38. The molecule has 1 aromatic carbocycles. The Morgan fingerprint density at radius 3 is 2.67 bits per heavy atom. The van der Waals surface area contributed by atoms with Crippen LogP contribution < -0.4 is 15.4 Å². The van der Waals surface area contributed by atoms with Crippen LogP contribution in [-0.2, 0) is 11.3 Å². The summed E-state index contributed by atoms with van der Waals surface area (Å²) in [7, 11) is 1.82. The summed E-state index contributed by atoms with van der Waals surface area (Å²) >= 11 is 0. The van der Waals surface area contributed by atoms with Crippen LogP contribution in [0.2, 0.25) is 0 Å². The summed E-state index contributed by atoms with van der Waals surface area (Å²) in [4.78, 5) is 11.4. The quantitative estimate of drug-likeness (QED) is 0.621. The van der Waals surface area contributed by atoms with Crippen LogP contribution in [0.25, 0.3) is 0 Å². The fraction of sp³-hybridized carbons (Fsp3) is 0.462. The van der Waals surface area contributed by atoms with E-state index in [2.05, 4.69) is 10.6 Å². The van der Waals surface area contributed by atoms with Crippen molar-refractivity contribution in [2.45, 2.75) is 13.0 Å². The smallest absolute Gasteiger partial charge is 0.221 e. The summed E-state index contributed by atoms with van der Waals surface area (Å²) in [6.07, 6.45) is 0.480. The first-order valence-corrected chi connectivity index (χ1v) is 6.00. The van der Waals surface area contributed by atoms with Gasteiger partial charge in [0.25, 0.3) is 0 Å². The van der Waals surface area contributed by atoms with Gasteiger partial charge < -0.3 is 20.5 Å². The molecule has 0 saturated carbocycles. The van der Waals surface area contributed by atoms with Crippen molar-refractivity contribution in [2.75, 3.05) is 26.8 Å². The van der Waals surface area contributed by atoms with E-state index >= 15 is 0 Å². The molecule has 0 fully saturated rings. The Bertz CT molecular complexity index is 352. The summed E-state index contributed by atoms with van der Waals surface area (Å²) in [5.41, 5.74) is 1.02. The highest BCUT2D eigenvalue weighted by Gasteiger charge is 2.00. The van der Waals surface area contributed by atoms with Crippen LogP contribution in [0, 0.1) is 0 Å². The third-order valence-electron chi connectivity index (χ3n) is 2.38. The zero-order valence-corrected chi connectivity index (χ0v) is 10.6. The molecular formula is C13H20N2O3. The van der Waals surface area contributed by atoms with E-state index in [1.54, 1.807) is 0 Å². The molecule has 0 saturated heterocycles. The molecule has 0 aliphatic heterocycles. The lowest BCUT2D eigenvalue weighted by atomic mass is 10.2. The van der Waals surface area contributed by atoms with Gasteiger partial charge in [-0.3, -0.25) is 4.79 Å². The normalized spacial score (nSPS) is 10.1. The van der Waals surface area contributed by atoms with Crippen molar-refractivity contribution >= 4 is 5.91 Å². The third kappa shape index (κ3) is 5.65. The lowest BCUT2D eigenvalue weighted by Gasteiger charge is -2.07. The number of nitrogens with one attached hydrogen (secondary N) is 2. The molecule has 0 spiro atoms. The number of carbonyl (C=O) groups excluding carboxylic acids is 1. The van der Waals surface area contributed by atoms with Crippen LogP contribution in [-0.4, -0.2) is 37.8 Å². The molecule has 5 nitrogen and oxygen atoms in total. The first-order chi connectivity index (χ1) is 8.76. The van der Waals surface area contributed by atoms with Gasteiger partial charge in [-0.1, -0.05) is 12.1 Å². The van der Waals surface area contributed by atoms with Gasteiger partial charge in [0, 0.05) is 19.5 Å². The average molecular weight is 252 g/mol. The molecule has 5 heteroatoms. The fourth-order valence-electron chi connectivity index (χ4n) is 1.39. The Morgan fingerprint density at radius 1 is 1.33 bits per heavy atom. The number of hydrogen-bond acceptors (Lipinski definition) is 4. The van der Waals surface area contributed by atoms with Crippen LogP contribution in [0.1, 0.15) is 12.0 Å². The maximum absolute atomic E-state index is 11.4. The molecule has 1 rings (SSSR count). The summed E-state index contributed by atoms with van der Waals surface area (Å²) in [5.74, 6) is 0.749. The molecule has 0 aromatic heterocycles. The minimum atomic E-state index is 0.00325. The van der Waals surface area contributed by atoms with Crippen LogP contribution in [0.4, 0.5) is 0 Å². The van der Waals surface area contributed by atoms with Gasteiger partial charge in [0.15, 0.2) is 0 Å². The second kappa shape index (κ2) is 8.49. The molecule has 1 aromatic rings. The predicted molar refractivity (Wildman–Crippen MR) is 69.4 cm³/mol. The minimum absolute atomic E-state index is 0.00325. The average Bonchev–Trinajstić information content (AvgIpc) is 2.41. The largest absolute Gasteiger partial charge is 0.491 e. The molecule has 0 atom stereocenters. The molecule has 100 valence electrons. The molecule has 0 aliphatic carbocycles. The van der Waals surface area contributed by atoms with E-state index in [4.69, 9.17) is 9.84 Å². The number of aliphatic hydroxyl groups is 1. The number of rotatable bonds is 8. The van der Waals surface area contributed by atoms with E-state index in [1.165, 1.54) is 0 Å². The Morgan fingerprint density at radius 2 is 2.06 bits per heavy atom. The highest BCUT2D eigenvalue weighted by Crippen LogP contribution is 2.11. The molecule has 18 heavy (non-hydrogen) atoms. The van der Waals surface area contributed by atoms with E-state index in [0.29, 0.717) is 31.9 Å². The van der Waals surface area contributed by atoms with Crippen LogP contribution in [0.5, 0.6) is 5.75 Å². The first-order valence-electron chi connectivity index (χ1n) is 6.00. The monoisotopic (exact) mass is 252 g/mol. The van der Waals surface area contributed by atoms with Gasteiger partial charge in [-0.15, -0.1) is 0 Å². The summed E-state index contributed by atoms with van der Waals surface area (Å²) in [6, 6.07) is 7.44. The topological polar surface area (TPSA) is 70.6 Å². The van der Waals surface area contributed by atoms with Crippen molar-refractivity contribution in [3.05, 3.63) is 29.8 Å². The number of aliphatic hydroxyl groups excluding tert-OH is 1. The van der Waals surface area contributed by atoms with Crippen LogP contribution in [0.15, 0.2) is 24.3 Å². The zero-order valence-electron chi connectivity index (χ0n) is 10.6. The number of ether oxygens (including phenoxy) is 1. The first kappa shape index (κ1) is 14.5. The van der Waals surface area contributed by atoms with Crippen molar-refractivity contribution in [3.63, 3.8) is 0 Å². The summed E-state index contributed by atoms with van der Waals surface area (Å²) in [6.45, 7) is 1.49. The maximum Gasteiger partial charge on any atom is 0.221 e. The van der Waals surface area contributed by atoms with Gasteiger partial charge >= 0.3 is 0 Å². The Kier molecular flexibility index (Phi) is 6.83. The molecule has 0 unspecified atom stereocenters. The SMILES string of the molecule is CNCCC(=O)NCc1ccc(OCCO)cc1. The molecule has 0 aliphatic rings. The standard InChI is InChI=1S/C13H20N2O3/c1-14-7-6-13(17)15-10-11-2-4-12(5-3-11)18-9-8-16/h2-5,14,16H,6-10H2,1H3,(H,15,17). The molecule has 1 amide bonds. The van der Waals surface area contributed by atoms with Gasteiger partial charge in [0.1, 0.15) is 12.4 Å². The highest BCUT2D eigenvalue weighted by atomic mass is 16.5. The van der Waals surface area contributed by atoms with E-state index in [9.17, 15) is 4.79 Å². The number of hydrogen-bond donors (Lipinski definition) is 3. The second-order valence-electron chi connectivity index (χ2n) is 3.85.